The minimum atomic E-state index is -1.33. The zero-order valence-corrected chi connectivity index (χ0v) is 25.1. The molecule has 2 amide bonds. The van der Waals surface area contributed by atoms with Crippen molar-refractivity contribution in [1.29, 1.82) is 5.26 Å². The first kappa shape index (κ1) is 32.8. The number of anilines is 1. The summed E-state index contributed by atoms with van der Waals surface area (Å²) < 4.78 is 35.2. The van der Waals surface area contributed by atoms with Gasteiger partial charge in [0.15, 0.2) is 0 Å². The molecule has 0 aliphatic carbocycles. The lowest BCUT2D eigenvalue weighted by Gasteiger charge is -2.32. The summed E-state index contributed by atoms with van der Waals surface area (Å²) in [4.78, 5) is 25.6. The predicted octanol–water partition coefficient (Wildman–Crippen LogP) is 6.63. The van der Waals surface area contributed by atoms with Gasteiger partial charge in [-0.2, -0.15) is 5.26 Å². The van der Waals surface area contributed by atoms with Crippen LogP contribution in [0.15, 0.2) is 54.6 Å². The molecule has 0 bridgehead atoms. The minimum absolute atomic E-state index is 0.0773. The Bertz CT molecular complexity index is 1500. The van der Waals surface area contributed by atoms with E-state index < -0.39 is 41.5 Å². The molecule has 0 heterocycles. The fourth-order valence-electron chi connectivity index (χ4n) is 4.74. The maximum atomic E-state index is 15.2. The molecule has 3 rings (SSSR count). The molecule has 42 heavy (non-hydrogen) atoms. The number of methoxy groups -OCH3 is 1. The number of carbonyl (C=O) groups excluding carboxylic acids is 2. The highest BCUT2D eigenvalue weighted by Crippen LogP contribution is 2.31. The third kappa shape index (κ3) is 8.41. The fourth-order valence-corrected chi connectivity index (χ4v) is 5.08. The molecule has 3 unspecified atom stereocenters. The van der Waals surface area contributed by atoms with E-state index in [0.717, 1.165) is 0 Å². The lowest BCUT2D eigenvalue weighted by Crippen LogP contribution is -2.51. The Labute approximate surface area is 253 Å². The molecule has 7 nitrogen and oxygen atoms in total. The quantitative estimate of drug-likeness (QED) is 0.223. The molecule has 3 aromatic carbocycles. The van der Waals surface area contributed by atoms with Crippen LogP contribution in [0.2, 0.25) is 10.0 Å². The van der Waals surface area contributed by atoms with E-state index in [1.165, 1.54) is 49.6 Å². The number of ether oxygens (including phenoxy) is 1. The Balaban J connectivity index is 2.07. The van der Waals surface area contributed by atoms with Gasteiger partial charge in [0.05, 0.1) is 29.7 Å². The highest BCUT2D eigenvalue weighted by atomic mass is 35.5. The molecular formula is C31H32Cl2F2N4O3. The van der Waals surface area contributed by atoms with Crippen LogP contribution in [0.1, 0.15) is 54.6 Å². The number of rotatable bonds is 11. The maximum Gasteiger partial charge on any atom is 0.252 e. The van der Waals surface area contributed by atoms with Crippen molar-refractivity contribution < 1.29 is 23.1 Å². The van der Waals surface area contributed by atoms with Gasteiger partial charge in [-0.25, -0.2) is 8.78 Å². The van der Waals surface area contributed by atoms with Crippen molar-refractivity contribution in [1.82, 2.24) is 5.32 Å². The van der Waals surface area contributed by atoms with Gasteiger partial charge in [0, 0.05) is 28.4 Å². The zero-order valence-electron chi connectivity index (χ0n) is 23.6. The SMILES string of the molecule is COc1cc(NC(=O)C(NC(Cc2ccc(Cl)cc2F)CC(C)(C)C)C(C#N)c2cccc(Cl)c2F)ccc1C(N)=O. The molecule has 11 heteroatoms. The molecule has 3 aromatic rings. The van der Waals surface area contributed by atoms with Crippen LogP contribution < -0.4 is 21.1 Å². The Morgan fingerprint density at radius 1 is 1.10 bits per heavy atom. The van der Waals surface area contributed by atoms with Gasteiger partial charge in [-0.1, -0.05) is 62.2 Å². The van der Waals surface area contributed by atoms with Gasteiger partial charge in [0.1, 0.15) is 23.4 Å². The smallest absolute Gasteiger partial charge is 0.252 e. The third-order valence-corrected chi connectivity index (χ3v) is 7.09. The monoisotopic (exact) mass is 616 g/mol. The standard InChI is InChI=1S/C31H32Cl2F2N4O3/c1-31(2,3)15-20(12-17-8-9-18(32)13-25(17)34)38-28(23(16-36)21-6-5-7-24(33)27(21)35)30(41)39-19-10-11-22(29(37)40)26(14-19)42-4/h5-11,13-14,20,23,28,38H,12,15H2,1-4H3,(H2,37,40)(H,39,41). The average Bonchev–Trinajstić information content (AvgIpc) is 2.91. The van der Waals surface area contributed by atoms with E-state index in [2.05, 4.69) is 16.7 Å². The van der Waals surface area contributed by atoms with E-state index in [0.29, 0.717) is 12.0 Å². The molecule has 0 radical (unpaired) electrons. The average molecular weight is 618 g/mol. The summed E-state index contributed by atoms with van der Waals surface area (Å²) in [5, 5.41) is 16.2. The number of amides is 2. The van der Waals surface area contributed by atoms with Crippen LogP contribution in [-0.4, -0.2) is 31.0 Å². The molecular weight excluding hydrogens is 585 g/mol. The van der Waals surface area contributed by atoms with Crippen LogP contribution in [0.3, 0.4) is 0 Å². The van der Waals surface area contributed by atoms with Crippen LogP contribution in [0, 0.1) is 28.4 Å². The molecule has 0 spiro atoms. The first-order valence-electron chi connectivity index (χ1n) is 13.1. The number of carbonyl (C=O) groups is 2. The minimum Gasteiger partial charge on any atom is -0.496 e. The van der Waals surface area contributed by atoms with E-state index >= 15 is 4.39 Å². The largest absolute Gasteiger partial charge is 0.496 e. The van der Waals surface area contributed by atoms with Gasteiger partial charge in [0.2, 0.25) is 5.91 Å². The van der Waals surface area contributed by atoms with E-state index in [-0.39, 0.29) is 44.4 Å². The van der Waals surface area contributed by atoms with Crippen LogP contribution in [0.5, 0.6) is 5.75 Å². The van der Waals surface area contributed by atoms with Gasteiger partial charge < -0.3 is 21.1 Å². The second-order valence-corrected chi connectivity index (χ2v) is 11.9. The number of nitrogens with two attached hydrogens (primary N) is 1. The zero-order chi connectivity index (χ0) is 31.2. The molecule has 0 saturated heterocycles. The number of halogens is 4. The first-order chi connectivity index (χ1) is 19.7. The summed E-state index contributed by atoms with van der Waals surface area (Å²) in [6, 6.07) is 13.0. The van der Waals surface area contributed by atoms with E-state index in [1.54, 1.807) is 12.1 Å². The lowest BCUT2D eigenvalue weighted by molar-refractivity contribution is -0.118. The Morgan fingerprint density at radius 2 is 1.81 bits per heavy atom. The molecule has 3 atom stereocenters. The summed E-state index contributed by atoms with van der Waals surface area (Å²) in [6.07, 6.45) is 0.623. The first-order valence-corrected chi connectivity index (χ1v) is 13.8. The number of nitrogens with one attached hydrogen (secondary N) is 2. The summed E-state index contributed by atoms with van der Waals surface area (Å²) in [6.45, 7) is 5.96. The number of benzene rings is 3. The second kappa shape index (κ2) is 14.0. The van der Waals surface area contributed by atoms with Gasteiger partial charge in [-0.15, -0.1) is 0 Å². The summed E-state index contributed by atoms with van der Waals surface area (Å²) in [5.41, 5.74) is 5.75. The normalized spacial score (nSPS) is 13.5. The highest BCUT2D eigenvalue weighted by molar-refractivity contribution is 6.31. The number of hydrogen-bond acceptors (Lipinski definition) is 5. The predicted molar refractivity (Wildman–Crippen MR) is 160 cm³/mol. The number of primary amides is 1. The molecule has 222 valence electrons. The maximum absolute atomic E-state index is 15.2. The Kier molecular flexibility index (Phi) is 10.9. The van der Waals surface area contributed by atoms with Crippen molar-refractivity contribution in [2.45, 2.75) is 51.6 Å². The number of nitrogens with zero attached hydrogens (tertiary/aromatic N) is 1. The van der Waals surface area contributed by atoms with Crippen molar-refractivity contribution >= 4 is 40.7 Å². The van der Waals surface area contributed by atoms with Crippen molar-refractivity contribution in [3.8, 4) is 11.8 Å². The van der Waals surface area contributed by atoms with Crippen molar-refractivity contribution in [2.24, 2.45) is 11.1 Å². The van der Waals surface area contributed by atoms with Crippen molar-refractivity contribution in [2.75, 3.05) is 12.4 Å². The van der Waals surface area contributed by atoms with Crippen molar-refractivity contribution in [3.63, 3.8) is 0 Å². The van der Waals surface area contributed by atoms with E-state index in [9.17, 15) is 19.2 Å². The molecule has 0 aromatic heterocycles. The number of nitriles is 1. The molecule has 4 N–H and O–H groups in total. The van der Waals surface area contributed by atoms with Gasteiger partial charge >= 0.3 is 0 Å². The fraction of sp³-hybridized carbons (Fsp3) is 0.323. The van der Waals surface area contributed by atoms with Crippen LogP contribution in [-0.2, 0) is 11.2 Å². The third-order valence-electron chi connectivity index (χ3n) is 6.56. The molecule has 0 fully saturated rings. The van der Waals surface area contributed by atoms with E-state index in [1.807, 2.05) is 20.8 Å². The summed E-state index contributed by atoms with van der Waals surface area (Å²) in [7, 11) is 1.35. The Morgan fingerprint density at radius 3 is 2.40 bits per heavy atom. The molecule has 0 aliphatic rings. The van der Waals surface area contributed by atoms with Gasteiger partial charge in [0.25, 0.3) is 5.91 Å². The Hall–Kier alpha value is -3.71. The number of hydrogen-bond donors (Lipinski definition) is 3. The van der Waals surface area contributed by atoms with Gasteiger partial charge in [-0.05, 0) is 54.2 Å². The molecule has 0 aliphatic heterocycles. The lowest BCUT2D eigenvalue weighted by atomic mass is 9.84. The van der Waals surface area contributed by atoms with E-state index in [4.69, 9.17) is 33.7 Å². The van der Waals surface area contributed by atoms with Crippen LogP contribution in [0.4, 0.5) is 14.5 Å². The topological polar surface area (TPSA) is 117 Å². The molecule has 0 saturated carbocycles. The summed E-state index contributed by atoms with van der Waals surface area (Å²) >= 11 is 12.0. The highest BCUT2D eigenvalue weighted by Gasteiger charge is 2.35. The second-order valence-electron chi connectivity index (χ2n) is 11.1. The van der Waals surface area contributed by atoms with Crippen molar-refractivity contribution in [3.05, 3.63) is 93.0 Å². The summed E-state index contributed by atoms with van der Waals surface area (Å²) in [5.74, 6) is -3.92. The van der Waals surface area contributed by atoms with Gasteiger partial charge in [-0.3, -0.25) is 9.59 Å². The van der Waals surface area contributed by atoms with Crippen LogP contribution >= 0.6 is 23.2 Å². The van der Waals surface area contributed by atoms with Crippen LogP contribution in [0.25, 0.3) is 0 Å².